The normalized spacial score (nSPS) is 11.0. The predicted octanol–water partition coefficient (Wildman–Crippen LogP) is 6.38. The van der Waals surface area contributed by atoms with E-state index < -0.39 is 0 Å². The molecule has 1 N–H and O–H groups in total. The molecule has 2 heterocycles. The summed E-state index contributed by atoms with van der Waals surface area (Å²) in [5.41, 5.74) is 4.41. The van der Waals surface area contributed by atoms with E-state index in [1.54, 1.807) is 24.8 Å². The van der Waals surface area contributed by atoms with Gasteiger partial charge < -0.3 is 10.1 Å². The first kappa shape index (κ1) is 17.8. The van der Waals surface area contributed by atoms with E-state index >= 15 is 0 Å². The number of nitrogens with one attached hydrogen (secondary N) is 1. The molecule has 0 saturated carbocycles. The van der Waals surface area contributed by atoms with Crippen LogP contribution in [0.4, 0.5) is 11.5 Å². The molecule has 0 bridgehead atoms. The third kappa shape index (κ3) is 3.36. The third-order valence-corrected chi connectivity index (χ3v) is 5.73. The number of methoxy groups -OCH3 is 1. The third-order valence-electron chi connectivity index (χ3n) is 4.42. The quantitative estimate of drug-likeness (QED) is 0.435. The molecule has 0 atom stereocenters. The number of anilines is 2. The van der Waals surface area contributed by atoms with Crippen molar-refractivity contribution < 1.29 is 4.74 Å². The molecule has 0 amide bonds. The van der Waals surface area contributed by atoms with Crippen molar-refractivity contribution in [3.05, 3.63) is 64.3 Å². The molecule has 0 aliphatic rings. The summed E-state index contributed by atoms with van der Waals surface area (Å²) in [7, 11) is 1.60. The lowest BCUT2D eigenvalue weighted by molar-refractivity contribution is 0.415. The summed E-state index contributed by atoms with van der Waals surface area (Å²) >= 11 is 7.94. The van der Waals surface area contributed by atoms with Crippen molar-refractivity contribution in [2.75, 3.05) is 12.4 Å². The van der Waals surface area contributed by atoms with Crippen LogP contribution < -0.4 is 10.1 Å². The minimum atomic E-state index is 0.549. The first-order valence-corrected chi connectivity index (χ1v) is 9.68. The number of ether oxygens (including phenoxy) is 1. The first-order chi connectivity index (χ1) is 13.1. The van der Waals surface area contributed by atoms with E-state index in [1.807, 2.05) is 18.2 Å². The summed E-state index contributed by atoms with van der Waals surface area (Å²) in [4.78, 5) is 11.1. The number of aromatic nitrogens is 2. The molecule has 0 fully saturated rings. The van der Waals surface area contributed by atoms with Crippen molar-refractivity contribution in [2.45, 2.75) is 13.8 Å². The van der Waals surface area contributed by atoms with E-state index in [-0.39, 0.29) is 0 Å². The molecule has 4 nitrogen and oxygen atoms in total. The molecule has 136 valence electrons. The van der Waals surface area contributed by atoms with E-state index in [4.69, 9.17) is 16.3 Å². The van der Waals surface area contributed by atoms with Gasteiger partial charge in [0.15, 0.2) is 0 Å². The van der Waals surface area contributed by atoms with Crippen molar-refractivity contribution in [1.82, 2.24) is 9.97 Å². The van der Waals surface area contributed by atoms with Gasteiger partial charge in [-0.05, 0) is 37.6 Å². The highest BCUT2D eigenvalue weighted by Crippen LogP contribution is 2.41. The second kappa shape index (κ2) is 7.18. The lowest BCUT2D eigenvalue weighted by Crippen LogP contribution is -1.96. The molecular weight excluding hydrogens is 378 g/mol. The number of thiophene rings is 1. The molecule has 0 aliphatic heterocycles. The fourth-order valence-electron chi connectivity index (χ4n) is 3.09. The van der Waals surface area contributed by atoms with Crippen molar-refractivity contribution in [3.63, 3.8) is 0 Å². The highest BCUT2D eigenvalue weighted by atomic mass is 35.5. The van der Waals surface area contributed by atoms with E-state index in [0.717, 1.165) is 32.8 Å². The minimum Gasteiger partial charge on any atom is -0.495 e. The maximum Gasteiger partial charge on any atom is 0.143 e. The van der Waals surface area contributed by atoms with Gasteiger partial charge in [-0.3, -0.25) is 0 Å². The zero-order chi connectivity index (χ0) is 19.0. The summed E-state index contributed by atoms with van der Waals surface area (Å²) in [6, 6.07) is 14.1. The maximum atomic E-state index is 6.26. The molecule has 4 aromatic rings. The van der Waals surface area contributed by atoms with Gasteiger partial charge in [0.1, 0.15) is 22.7 Å². The fourth-order valence-corrected chi connectivity index (χ4v) is 4.36. The van der Waals surface area contributed by atoms with Crippen LogP contribution in [0.25, 0.3) is 21.3 Å². The van der Waals surface area contributed by atoms with Gasteiger partial charge in [0.2, 0.25) is 0 Å². The lowest BCUT2D eigenvalue weighted by atomic mass is 10.0. The number of benzene rings is 2. The number of hydrogen-bond donors (Lipinski definition) is 1. The lowest BCUT2D eigenvalue weighted by Gasteiger charge is -2.11. The zero-order valence-electron chi connectivity index (χ0n) is 15.2. The molecule has 0 unspecified atom stereocenters. The summed E-state index contributed by atoms with van der Waals surface area (Å²) in [6.45, 7) is 4.21. The molecule has 2 aromatic carbocycles. The molecule has 0 aliphatic carbocycles. The Morgan fingerprint density at radius 2 is 1.81 bits per heavy atom. The van der Waals surface area contributed by atoms with Gasteiger partial charge in [-0.25, -0.2) is 9.97 Å². The van der Waals surface area contributed by atoms with Gasteiger partial charge in [0.25, 0.3) is 0 Å². The van der Waals surface area contributed by atoms with Crippen LogP contribution in [0.3, 0.4) is 0 Å². The van der Waals surface area contributed by atoms with Gasteiger partial charge in [-0.15, -0.1) is 11.3 Å². The van der Waals surface area contributed by atoms with E-state index in [0.29, 0.717) is 10.8 Å². The first-order valence-electron chi connectivity index (χ1n) is 8.48. The Labute approximate surface area is 166 Å². The van der Waals surface area contributed by atoms with Crippen LogP contribution in [0.5, 0.6) is 5.75 Å². The minimum absolute atomic E-state index is 0.549. The van der Waals surface area contributed by atoms with Gasteiger partial charge in [0.05, 0.1) is 17.5 Å². The Morgan fingerprint density at radius 3 is 2.52 bits per heavy atom. The molecule has 0 spiro atoms. The number of aryl methyl sites for hydroxylation is 2. The summed E-state index contributed by atoms with van der Waals surface area (Å²) in [5.74, 6) is 1.41. The van der Waals surface area contributed by atoms with Crippen LogP contribution in [0.2, 0.25) is 5.02 Å². The standard InChI is InChI=1S/C21H18ClN3OS/c1-12-4-6-14(7-5-12)18-13(2)27-21-19(18)20(23-11-24-21)25-15-8-9-17(26-3)16(22)10-15/h4-11H,1-3H3,(H,23,24,25). The second-order valence-corrected chi connectivity index (χ2v) is 7.89. The van der Waals surface area contributed by atoms with Crippen molar-refractivity contribution in [3.8, 4) is 16.9 Å². The summed E-state index contributed by atoms with van der Waals surface area (Å²) in [6.07, 6.45) is 1.59. The Morgan fingerprint density at radius 1 is 1.04 bits per heavy atom. The maximum absolute atomic E-state index is 6.26. The molecule has 6 heteroatoms. The number of fused-ring (bicyclic) bond motifs is 1. The Balaban J connectivity index is 1.84. The van der Waals surface area contributed by atoms with Crippen molar-refractivity contribution >= 4 is 44.7 Å². The van der Waals surface area contributed by atoms with E-state index in [1.165, 1.54) is 10.4 Å². The molecule has 2 aromatic heterocycles. The number of halogens is 1. The zero-order valence-corrected chi connectivity index (χ0v) is 16.8. The van der Waals surface area contributed by atoms with Gasteiger partial charge in [-0.1, -0.05) is 41.4 Å². The predicted molar refractivity (Wildman–Crippen MR) is 114 cm³/mol. The van der Waals surface area contributed by atoms with Crippen LogP contribution in [0.1, 0.15) is 10.4 Å². The molecule has 27 heavy (non-hydrogen) atoms. The highest BCUT2D eigenvalue weighted by molar-refractivity contribution is 7.19. The van der Waals surface area contributed by atoms with Gasteiger partial charge >= 0.3 is 0 Å². The average Bonchev–Trinajstić information content (AvgIpc) is 2.99. The Kier molecular flexibility index (Phi) is 4.72. The number of nitrogens with zero attached hydrogens (tertiary/aromatic N) is 2. The van der Waals surface area contributed by atoms with Crippen LogP contribution in [-0.2, 0) is 0 Å². The largest absolute Gasteiger partial charge is 0.495 e. The average molecular weight is 396 g/mol. The monoisotopic (exact) mass is 395 g/mol. The SMILES string of the molecule is COc1ccc(Nc2ncnc3sc(C)c(-c4ccc(C)cc4)c23)cc1Cl. The highest BCUT2D eigenvalue weighted by Gasteiger charge is 2.17. The molecule has 0 radical (unpaired) electrons. The summed E-state index contributed by atoms with van der Waals surface area (Å²) in [5, 5.41) is 4.96. The van der Waals surface area contributed by atoms with E-state index in [2.05, 4.69) is 53.4 Å². The number of rotatable bonds is 4. The van der Waals surface area contributed by atoms with Gasteiger partial charge in [-0.2, -0.15) is 0 Å². The van der Waals surface area contributed by atoms with Crippen LogP contribution in [-0.4, -0.2) is 17.1 Å². The van der Waals surface area contributed by atoms with Gasteiger partial charge in [0, 0.05) is 16.1 Å². The molecule has 4 rings (SSSR count). The van der Waals surface area contributed by atoms with E-state index in [9.17, 15) is 0 Å². The second-order valence-electron chi connectivity index (χ2n) is 6.28. The topological polar surface area (TPSA) is 47.0 Å². The number of hydrogen-bond acceptors (Lipinski definition) is 5. The fraction of sp³-hybridized carbons (Fsp3) is 0.143. The molecule has 0 saturated heterocycles. The Bertz CT molecular complexity index is 1120. The smallest absolute Gasteiger partial charge is 0.143 e. The van der Waals surface area contributed by atoms with Crippen LogP contribution in [0, 0.1) is 13.8 Å². The summed E-state index contributed by atoms with van der Waals surface area (Å²) < 4.78 is 5.23. The van der Waals surface area contributed by atoms with Crippen LogP contribution in [0.15, 0.2) is 48.8 Å². The van der Waals surface area contributed by atoms with Crippen molar-refractivity contribution in [2.24, 2.45) is 0 Å². The Hall–Kier alpha value is -2.63. The van der Waals surface area contributed by atoms with Crippen molar-refractivity contribution in [1.29, 1.82) is 0 Å². The molecular formula is C21H18ClN3OS. The van der Waals surface area contributed by atoms with Crippen LogP contribution >= 0.6 is 22.9 Å².